The standard InChI is InChI=1S/C14H20N2O2.2C6H14N2.C5H11Br.C4H10N2.2CH3BO.CH4/c1-2-15-7-9-16(10-8-15)11-12-3-5-13(6-4-12)14(17)18;2*1-2-8-5-3-7-4-6-8;1-2-3-4-5-6;1-2-6-4-3-5-1;2*1-2-3;/h3-6H,2,7-11H2,1H3,(H,17,18);2*7H,2-6H2,1H3;2-5H2,1H3;5-6H,1-4H2;2*1H3;1H4. The van der Waals surface area contributed by atoms with Crippen LogP contribution in [-0.4, -0.2) is 175 Å². The van der Waals surface area contributed by atoms with E-state index in [9.17, 15) is 4.79 Å². The first-order valence-electron chi connectivity index (χ1n) is 19.7. The van der Waals surface area contributed by atoms with Crippen LogP contribution in [-0.2, 0) is 16.0 Å². The number of carboxylic acids is 1. The molecule has 1 aromatic rings. The fourth-order valence-corrected chi connectivity index (χ4v) is 5.67. The van der Waals surface area contributed by atoms with Gasteiger partial charge in [-0.1, -0.05) is 76.0 Å². The molecule has 0 radical (unpaired) electrons. The van der Waals surface area contributed by atoms with Crippen molar-refractivity contribution in [1.82, 2.24) is 40.9 Å². The summed E-state index contributed by atoms with van der Waals surface area (Å²) in [5, 5.41) is 23.1. The molecular formula is C38H79B2BrN8O4. The van der Waals surface area contributed by atoms with Gasteiger partial charge in [0.25, 0.3) is 0 Å². The molecule has 0 aromatic heterocycles. The molecule has 1 aromatic carbocycles. The normalized spacial score (nSPS) is 17.3. The summed E-state index contributed by atoms with van der Waals surface area (Å²) in [7, 11) is 1.50. The maximum atomic E-state index is 10.8. The molecule has 5 N–H and O–H groups in total. The maximum Gasteiger partial charge on any atom is 0.335 e. The van der Waals surface area contributed by atoms with Crippen LogP contribution in [0.15, 0.2) is 24.3 Å². The quantitative estimate of drug-likeness (QED) is 0.141. The number of hydrogen-bond acceptors (Lipinski definition) is 11. The number of aromatic carboxylic acids is 1. The van der Waals surface area contributed by atoms with Crippen LogP contribution in [0.5, 0.6) is 0 Å². The minimum atomic E-state index is -0.863. The van der Waals surface area contributed by atoms with E-state index in [0.29, 0.717) is 5.56 Å². The molecule has 0 amide bonds. The second-order valence-corrected chi connectivity index (χ2v) is 13.2. The topological polar surface area (TPSA) is 133 Å². The summed E-state index contributed by atoms with van der Waals surface area (Å²) in [5.74, 6) is -0.863. The van der Waals surface area contributed by atoms with E-state index in [1.54, 1.807) is 12.1 Å². The van der Waals surface area contributed by atoms with Crippen molar-refractivity contribution in [3.8, 4) is 0 Å². The van der Waals surface area contributed by atoms with Crippen molar-refractivity contribution in [3.63, 3.8) is 0 Å². The van der Waals surface area contributed by atoms with E-state index in [0.717, 1.165) is 79.7 Å². The number of likely N-dealkylation sites (N-methyl/N-ethyl adjacent to an activating group) is 3. The second-order valence-electron chi connectivity index (χ2n) is 12.4. The van der Waals surface area contributed by atoms with Gasteiger partial charge in [0, 0.05) is 117 Å². The largest absolute Gasteiger partial charge is 0.478 e. The summed E-state index contributed by atoms with van der Waals surface area (Å²) in [4.78, 5) is 20.5. The first-order chi connectivity index (χ1) is 25.3. The van der Waals surface area contributed by atoms with Gasteiger partial charge in [-0.15, -0.1) is 0 Å². The van der Waals surface area contributed by atoms with Gasteiger partial charge in [-0.05, 0) is 43.8 Å². The number of halogens is 1. The Morgan fingerprint density at radius 1 is 0.623 bits per heavy atom. The van der Waals surface area contributed by atoms with Gasteiger partial charge in [-0.3, -0.25) is 4.90 Å². The van der Waals surface area contributed by atoms with Gasteiger partial charge in [-0.2, -0.15) is 0 Å². The molecule has 0 spiro atoms. The fraction of sp³-hybridized carbons (Fsp3) is 0.816. The average molecular weight is 814 g/mol. The van der Waals surface area contributed by atoms with E-state index in [4.69, 9.17) is 14.5 Å². The fourth-order valence-electron chi connectivity index (χ4n) is 5.28. The van der Waals surface area contributed by atoms with Gasteiger partial charge in [0.2, 0.25) is 0 Å². The molecule has 5 rings (SSSR count). The van der Waals surface area contributed by atoms with E-state index in [-0.39, 0.29) is 7.43 Å². The Morgan fingerprint density at radius 2 is 0.962 bits per heavy atom. The average Bonchev–Trinajstić information content (AvgIpc) is 3.20. The van der Waals surface area contributed by atoms with Gasteiger partial charge in [0.15, 0.2) is 0 Å². The summed E-state index contributed by atoms with van der Waals surface area (Å²) < 4.78 is 17.6. The SMILES string of the molecule is C.C1CNCCN1.CB=O.CB=O.CCCCCBr.CCN1CCN(Cc2ccc(C(=O)O)cc2)CC1.CCN1CCNCC1.CCN1CCNCC1. The van der Waals surface area contributed by atoms with Crippen LogP contribution in [0.2, 0.25) is 13.6 Å². The molecule has 0 saturated carbocycles. The predicted molar refractivity (Wildman–Crippen MR) is 231 cm³/mol. The molecule has 4 fully saturated rings. The summed E-state index contributed by atoms with van der Waals surface area (Å²) in [6.45, 7) is 34.8. The zero-order valence-electron chi connectivity index (χ0n) is 33.8. The number of nitrogens with one attached hydrogen (secondary N) is 4. The van der Waals surface area contributed by atoms with E-state index in [2.05, 4.69) is 84.5 Å². The van der Waals surface area contributed by atoms with Crippen LogP contribution in [0.1, 0.15) is 70.3 Å². The Labute approximate surface area is 335 Å². The third kappa shape index (κ3) is 36.0. The van der Waals surface area contributed by atoms with Crippen LogP contribution < -0.4 is 21.3 Å². The molecule has 0 aliphatic carbocycles. The Morgan fingerprint density at radius 3 is 1.23 bits per heavy atom. The van der Waals surface area contributed by atoms with Gasteiger partial charge in [-0.25, -0.2) is 4.79 Å². The minimum Gasteiger partial charge on any atom is -0.478 e. The smallest absolute Gasteiger partial charge is 0.335 e. The second kappa shape index (κ2) is 43.3. The Bertz CT molecular complexity index is 880. The number of rotatable bonds is 9. The van der Waals surface area contributed by atoms with Crippen molar-refractivity contribution in [2.75, 3.05) is 130 Å². The summed E-state index contributed by atoms with van der Waals surface area (Å²) in [6.07, 6.45) is 4.02. The zero-order valence-corrected chi connectivity index (χ0v) is 35.4. The van der Waals surface area contributed by atoms with Crippen molar-refractivity contribution in [1.29, 1.82) is 0 Å². The van der Waals surface area contributed by atoms with Crippen LogP contribution in [0.25, 0.3) is 0 Å². The molecule has 4 heterocycles. The third-order valence-corrected chi connectivity index (χ3v) is 9.09. The number of nitrogens with zero attached hydrogens (tertiary/aromatic N) is 4. The molecule has 4 saturated heterocycles. The molecule has 53 heavy (non-hydrogen) atoms. The van der Waals surface area contributed by atoms with Gasteiger partial charge >= 0.3 is 43.3 Å². The summed E-state index contributed by atoms with van der Waals surface area (Å²) in [6, 6.07) is 7.19. The molecule has 4 aliphatic rings. The number of piperazine rings is 4. The van der Waals surface area contributed by atoms with Crippen molar-refractivity contribution < 1.29 is 19.3 Å². The number of carboxylic acid groups (broad SMARTS) is 1. The molecular weight excluding hydrogens is 734 g/mol. The number of carbonyl (C=O) groups is 1. The molecule has 0 atom stereocenters. The molecule has 0 unspecified atom stereocenters. The molecule has 0 bridgehead atoms. The molecule has 12 nitrogen and oxygen atoms in total. The maximum absolute atomic E-state index is 10.8. The third-order valence-electron chi connectivity index (χ3n) is 8.53. The first-order valence-corrected chi connectivity index (χ1v) is 20.8. The first kappa shape index (κ1) is 55.9. The van der Waals surface area contributed by atoms with Crippen LogP contribution in [0, 0.1) is 0 Å². The number of hydrogen-bond donors (Lipinski definition) is 5. The minimum absolute atomic E-state index is 0. The van der Waals surface area contributed by atoms with E-state index in [1.807, 2.05) is 12.1 Å². The molecule has 15 heteroatoms. The Balaban J connectivity index is -0.000000606. The van der Waals surface area contributed by atoms with Crippen molar-refractivity contribution in [3.05, 3.63) is 35.4 Å². The van der Waals surface area contributed by atoms with E-state index in [1.165, 1.54) is 109 Å². The van der Waals surface area contributed by atoms with E-state index >= 15 is 0 Å². The van der Waals surface area contributed by atoms with Crippen molar-refractivity contribution in [2.24, 2.45) is 0 Å². The van der Waals surface area contributed by atoms with Gasteiger partial charge in [0.1, 0.15) is 0 Å². The number of benzene rings is 1. The van der Waals surface area contributed by atoms with Crippen LogP contribution >= 0.6 is 15.9 Å². The Hall–Kier alpha value is -1.42. The predicted octanol–water partition coefficient (Wildman–Crippen LogP) is 3.90. The number of unbranched alkanes of at least 4 members (excludes halogenated alkanes) is 2. The van der Waals surface area contributed by atoms with Gasteiger partial charge in [0.05, 0.1) is 5.56 Å². The molecule has 4 aliphatic heterocycles. The monoisotopic (exact) mass is 813 g/mol. The van der Waals surface area contributed by atoms with Crippen molar-refractivity contribution >= 4 is 36.2 Å². The molecule has 308 valence electrons. The van der Waals surface area contributed by atoms with E-state index < -0.39 is 5.97 Å². The van der Waals surface area contributed by atoms with Crippen LogP contribution in [0.3, 0.4) is 0 Å². The summed E-state index contributed by atoms with van der Waals surface area (Å²) >= 11 is 3.35. The zero-order chi connectivity index (χ0) is 39.1. The van der Waals surface area contributed by atoms with Gasteiger partial charge < -0.3 is 41.1 Å². The van der Waals surface area contributed by atoms with Crippen LogP contribution in [0.4, 0.5) is 0 Å². The number of alkyl halides is 1. The summed E-state index contributed by atoms with van der Waals surface area (Å²) in [5.41, 5.74) is 1.54. The Kier molecular flexibility index (Phi) is 45.7. The van der Waals surface area contributed by atoms with Crippen molar-refractivity contribution in [2.45, 2.75) is 74.6 Å².